The first-order valence-corrected chi connectivity index (χ1v) is 17.6. The Balaban J connectivity index is 1.47. The van der Waals surface area contributed by atoms with E-state index in [0.29, 0.717) is 25.4 Å². The highest BCUT2D eigenvalue weighted by Gasteiger charge is 2.29. The van der Waals surface area contributed by atoms with Crippen LogP contribution in [0.5, 0.6) is 0 Å². The lowest BCUT2D eigenvalue weighted by molar-refractivity contribution is 0.0824. The molecule has 0 spiro atoms. The predicted molar refractivity (Wildman–Crippen MR) is 158 cm³/mol. The van der Waals surface area contributed by atoms with Crippen molar-refractivity contribution < 1.29 is 9.53 Å². The standard InChI is InChI=1S/C31H39N5O2Si/c1-39(2,3)19-18-38-22-36-27-11-5-4-10-26(27)34-29(36)21-35(20-23-13-15-25(16-14-23)31(32)37)28-12-6-8-24-9-7-17-33-30(24)28/h4-5,7,9-11,13-17,28H,6,8,12,18-22H2,1-3H3,(H2,32,37). The minimum absolute atomic E-state index is 0.173. The Morgan fingerprint density at radius 1 is 1.08 bits per heavy atom. The molecule has 0 saturated heterocycles. The Labute approximate surface area is 232 Å². The average Bonchev–Trinajstić information content (AvgIpc) is 3.27. The summed E-state index contributed by atoms with van der Waals surface area (Å²) in [7, 11) is -1.18. The molecule has 1 aliphatic rings. The molecule has 1 amide bonds. The van der Waals surface area contributed by atoms with Crippen LogP contribution in [-0.4, -0.2) is 40.0 Å². The van der Waals surface area contributed by atoms with E-state index < -0.39 is 14.0 Å². The second-order valence-corrected chi connectivity index (χ2v) is 17.3. The Morgan fingerprint density at radius 2 is 1.87 bits per heavy atom. The van der Waals surface area contributed by atoms with Gasteiger partial charge in [0.05, 0.1) is 29.3 Å². The summed E-state index contributed by atoms with van der Waals surface area (Å²) in [6, 6.07) is 21.4. The molecule has 1 aliphatic carbocycles. The fourth-order valence-corrected chi connectivity index (χ4v) is 6.09. The van der Waals surface area contributed by atoms with Crippen LogP contribution < -0.4 is 5.73 Å². The molecular formula is C31H39N5O2Si. The largest absolute Gasteiger partial charge is 0.366 e. The van der Waals surface area contributed by atoms with Crippen molar-refractivity contribution in [2.45, 2.75) is 70.8 Å². The molecule has 8 heteroatoms. The topological polar surface area (TPSA) is 86.3 Å². The van der Waals surface area contributed by atoms with Crippen molar-refractivity contribution in [2.24, 2.45) is 5.73 Å². The van der Waals surface area contributed by atoms with Gasteiger partial charge in [0.15, 0.2) is 0 Å². The molecular weight excluding hydrogens is 502 g/mol. The first-order chi connectivity index (χ1) is 18.8. The highest BCUT2D eigenvalue weighted by Crippen LogP contribution is 2.35. The van der Waals surface area contributed by atoms with E-state index in [0.717, 1.165) is 60.0 Å². The van der Waals surface area contributed by atoms with E-state index >= 15 is 0 Å². The van der Waals surface area contributed by atoms with Crippen molar-refractivity contribution in [3.05, 3.63) is 95.1 Å². The van der Waals surface area contributed by atoms with Crippen LogP contribution in [0.25, 0.3) is 11.0 Å². The number of ether oxygens (including phenoxy) is 1. The Morgan fingerprint density at radius 3 is 2.64 bits per heavy atom. The smallest absolute Gasteiger partial charge is 0.248 e. The highest BCUT2D eigenvalue weighted by atomic mass is 28.3. The Bertz CT molecular complexity index is 1430. The quantitative estimate of drug-likeness (QED) is 0.188. The third kappa shape index (κ3) is 6.64. The molecule has 2 heterocycles. The van der Waals surface area contributed by atoms with Gasteiger partial charge in [0, 0.05) is 33.0 Å². The number of para-hydroxylation sites is 2. The number of amides is 1. The molecule has 0 fully saturated rings. The summed E-state index contributed by atoms with van der Waals surface area (Å²) in [6.45, 7) is 9.73. The zero-order chi connectivity index (χ0) is 27.4. The van der Waals surface area contributed by atoms with Gasteiger partial charge in [0.1, 0.15) is 12.6 Å². The maximum Gasteiger partial charge on any atom is 0.248 e. The average molecular weight is 542 g/mol. The van der Waals surface area contributed by atoms with Gasteiger partial charge in [-0.15, -0.1) is 0 Å². The molecule has 2 aromatic heterocycles. The van der Waals surface area contributed by atoms with Crippen molar-refractivity contribution in [3.63, 3.8) is 0 Å². The van der Waals surface area contributed by atoms with Crippen LogP contribution in [0.4, 0.5) is 0 Å². The summed E-state index contributed by atoms with van der Waals surface area (Å²) in [5.74, 6) is 0.577. The Kier molecular flexibility index (Phi) is 8.25. The van der Waals surface area contributed by atoms with Crippen LogP contribution in [0.15, 0.2) is 66.9 Å². The van der Waals surface area contributed by atoms with Gasteiger partial charge >= 0.3 is 0 Å². The van der Waals surface area contributed by atoms with Gasteiger partial charge in [-0.05, 0) is 66.8 Å². The third-order valence-electron chi connectivity index (χ3n) is 7.53. The van der Waals surface area contributed by atoms with E-state index in [4.69, 9.17) is 20.4 Å². The molecule has 0 saturated carbocycles. The van der Waals surface area contributed by atoms with Crippen LogP contribution >= 0.6 is 0 Å². The van der Waals surface area contributed by atoms with E-state index in [1.165, 1.54) is 5.56 Å². The first kappa shape index (κ1) is 27.2. The summed E-state index contributed by atoms with van der Waals surface area (Å²) in [5.41, 5.74) is 11.7. The van der Waals surface area contributed by atoms with E-state index in [-0.39, 0.29) is 6.04 Å². The number of carbonyl (C=O) groups excluding carboxylic acids is 1. The molecule has 5 rings (SSSR count). The summed E-state index contributed by atoms with van der Waals surface area (Å²) in [6.07, 6.45) is 5.12. The number of nitrogens with two attached hydrogens (primary N) is 1. The normalized spacial score (nSPS) is 15.5. The summed E-state index contributed by atoms with van der Waals surface area (Å²) < 4.78 is 8.45. The number of rotatable bonds is 11. The summed E-state index contributed by atoms with van der Waals surface area (Å²) in [5, 5.41) is 0. The minimum Gasteiger partial charge on any atom is -0.366 e. The van der Waals surface area contributed by atoms with E-state index in [2.05, 4.69) is 53.4 Å². The van der Waals surface area contributed by atoms with E-state index in [1.54, 1.807) is 0 Å². The van der Waals surface area contributed by atoms with Gasteiger partial charge in [0.2, 0.25) is 5.91 Å². The minimum atomic E-state index is -1.18. The first-order valence-electron chi connectivity index (χ1n) is 13.9. The predicted octanol–water partition coefficient (Wildman–Crippen LogP) is 5.92. The monoisotopic (exact) mass is 541 g/mol. The highest BCUT2D eigenvalue weighted by molar-refractivity contribution is 6.76. The number of benzene rings is 2. The van der Waals surface area contributed by atoms with Gasteiger partial charge in [-0.25, -0.2) is 4.98 Å². The molecule has 4 aromatic rings. The lowest BCUT2D eigenvalue weighted by Crippen LogP contribution is -2.32. The third-order valence-corrected chi connectivity index (χ3v) is 9.23. The number of aryl methyl sites for hydroxylation is 1. The van der Waals surface area contributed by atoms with Gasteiger partial charge < -0.3 is 15.0 Å². The van der Waals surface area contributed by atoms with Crippen molar-refractivity contribution >= 4 is 25.0 Å². The molecule has 2 N–H and O–H groups in total. The van der Waals surface area contributed by atoms with Gasteiger partial charge in [-0.1, -0.05) is 50.0 Å². The van der Waals surface area contributed by atoms with Crippen LogP contribution in [-0.2, 0) is 31.0 Å². The summed E-state index contributed by atoms with van der Waals surface area (Å²) in [4.78, 5) is 24.0. The molecule has 39 heavy (non-hydrogen) atoms. The zero-order valence-electron chi connectivity index (χ0n) is 23.3. The Hall–Kier alpha value is -3.33. The number of pyridine rings is 1. The molecule has 1 atom stereocenters. The fraction of sp³-hybridized carbons (Fsp3) is 0.387. The lowest BCUT2D eigenvalue weighted by atomic mass is 9.90. The SMILES string of the molecule is C[Si](C)(C)CCOCn1c(CN(Cc2ccc(C(N)=O)cc2)C2CCCc3cccnc32)nc2ccccc21. The maximum absolute atomic E-state index is 11.6. The molecule has 204 valence electrons. The number of hydrogen-bond acceptors (Lipinski definition) is 5. The molecule has 0 aliphatic heterocycles. The molecule has 0 radical (unpaired) electrons. The number of primary amides is 1. The maximum atomic E-state index is 11.6. The van der Waals surface area contributed by atoms with Crippen molar-refractivity contribution in [2.75, 3.05) is 6.61 Å². The van der Waals surface area contributed by atoms with E-state index in [1.807, 2.05) is 42.6 Å². The van der Waals surface area contributed by atoms with Crippen LogP contribution in [0, 0.1) is 0 Å². The van der Waals surface area contributed by atoms with Crippen LogP contribution in [0.3, 0.4) is 0 Å². The molecule has 2 aromatic carbocycles. The van der Waals surface area contributed by atoms with Crippen molar-refractivity contribution in [1.82, 2.24) is 19.4 Å². The number of aromatic nitrogens is 3. The molecule has 1 unspecified atom stereocenters. The zero-order valence-corrected chi connectivity index (χ0v) is 24.3. The number of fused-ring (bicyclic) bond motifs is 2. The van der Waals surface area contributed by atoms with Gasteiger partial charge in [0.25, 0.3) is 0 Å². The van der Waals surface area contributed by atoms with Gasteiger partial charge in [-0.3, -0.25) is 14.7 Å². The van der Waals surface area contributed by atoms with Crippen molar-refractivity contribution in [1.29, 1.82) is 0 Å². The number of imidazole rings is 1. The van der Waals surface area contributed by atoms with Crippen LogP contribution in [0.1, 0.15) is 51.9 Å². The van der Waals surface area contributed by atoms with Gasteiger partial charge in [-0.2, -0.15) is 0 Å². The second kappa shape index (κ2) is 11.8. The number of nitrogens with zero attached hydrogens (tertiary/aromatic N) is 4. The summed E-state index contributed by atoms with van der Waals surface area (Å²) >= 11 is 0. The van der Waals surface area contributed by atoms with E-state index in [9.17, 15) is 4.79 Å². The fourth-order valence-electron chi connectivity index (χ4n) is 5.33. The number of hydrogen-bond donors (Lipinski definition) is 1. The molecule has 0 bridgehead atoms. The molecule has 7 nitrogen and oxygen atoms in total. The lowest BCUT2D eigenvalue weighted by Gasteiger charge is -2.35. The van der Waals surface area contributed by atoms with Crippen LogP contribution in [0.2, 0.25) is 25.7 Å². The van der Waals surface area contributed by atoms with Crippen molar-refractivity contribution in [3.8, 4) is 0 Å². The number of carbonyl (C=O) groups is 1. The second-order valence-electron chi connectivity index (χ2n) is 11.7.